The van der Waals surface area contributed by atoms with Crippen molar-refractivity contribution in [3.63, 3.8) is 0 Å². The first-order valence-electron chi connectivity index (χ1n) is 6.91. The molecule has 0 saturated heterocycles. The number of fused-ring (bicyclic) bond motifs is 1. The minimum Gasteiger partial charge on any atom is -0.344 e. The van der Waals surface area contributed by atoms with E-state index in [-0.39, 0.29) is 11.3 Å². The number of hydrogen-bond donors (Lipinski definition) is 0. The van der Waals surface area contributed by atoms with Crippen LogP contribution >= 0.6 is 11.6 Å². The molecule has 3 rings (SSSR count). The number of aromatic nitrogens is 1. The van der Waals surface area contributed by atoms with Gasteiger partial charge in [0.05, 0.1) is 5.25 Å². The van der Waals surface area contributed by atoms with Crippen molar-refractivity contribution in [2.24, 2.45) is 0 Å². The van der Waals surface area contributed by atoms with Crippen LogP contribution in [0.2, 0.25) is 5.02 Å². The second-order valence-electron chi connectivity index (χ2n) is 5.67. The van der Waals surface area contributed by atoms with Crippen LogP contribution in [-0.4, -0.2) is 24.5 Å². The lowest BCUT2D eigenvalue weighted by Gasteiger charge is -2.29. The minimum atomic E-state index is -2.95. The van der Waals surface area contributed by atoms with Crippen molar-refractivity contribution in [1.29, 1.82) is 0 Å². The summed E-state index contributed by atoms with van der Waals surface area (Å²) in [5.41, 5.74) is 1.09. The second-order valence-corrected chi connectivity index (χ2v) is 8.40. The number of halogens is 1. The van der Waals surface area contributed by atoms with Crippen molar-refractivity contribution < 1.29 is 8.42 Å². The fourth-order valence-corrected chi connectivity index (χ4v) is 4.63. The van der Waals surface area contributed by atoms with Crippen LogP contribution in [0.3, 0.4) is 0 Å². The van der Waals surface area contributed by atoms with Gasteiger partial charge in [-0.3, -0.25) is 0 Å². The molecule has 0 spiro atoms. The summed E-state index contributed by atoms with van der Waals surface area (Å²) in [7, 11) is -2.95. The van der Waals surface area contributed by atoms with Gasteiger partial charge in [-0.2, -0.15) is 0 Å². The summed E-state index contributed by atoms with van der Waals surface area (Å²) in [6.07, 6.45) is 6.87. The van der Waals surface area contributed by atoms with Crippen molar-refractivity contribution in [2.45, 2.75) is 37.0 Å². The quantitative estimate of drug-likeness (QED) is 0.845. The summed E-state index contributed by atoms with van der Waals surface area (Å²) in [5.74, 6) is 0. The van der Waals surface area contributed by atoms with Crippen molar-refractivity contribution >= 4 is 32.3 Å². The molecule has 2 aromatic rings. The van der Waals surface area contributed by atoms with E-state index in [0.717, 1.165) is 35.2 Å². The van der Waals surface area contributed by atoms with Crippen molar-refractivity contribution in [2.75, 3.05) is 6.26 Å². The van der Waals surface area contributed by atoms with Crippen LogP contribution < -0.4 is 0 Å². The molecule has 3 nitrogen and oxygen atoms in total. The zero-order chi connectivity index (χ0) is 14.3. The molecule has 5 heteroatoms. The number of sulfone groups is 1. The van der Waals surface area contributed by atoms with Crippen LogP contribution in [0.4, 0.5) is 0 Å². The molecule has 108 valence electrons. The number of rotatable bonds is 2. The molecule has 1 aliphatic carbocycles. The third kappa shape index (κ3) is 2.47. The maximum Gasteiger partial charge on any atom is 0.150 e. The van der Waals surface area contributed by atoms with E-state index in [0.29, 0.717) is 6.42 Å². The highest BCUT2D eigenvalue weighted by molar-refractivity contribution is 7.91. The van der Waals surface area contributed by atoms with Crippen LogP contribution in [0, 0.1) is 0 Å². The Morgan fingerprint density at radius 3 is 2.80 bits per heavy atom. The van der Waals surface area contributed by atoms with E-state index in [2.05, 4.69) is 4.57 Å². The number of benzene rings is 1. The Kier molecular flexibility index (Phi) is 3.55. The van der Waals surface area contributed by atoms with E-state index in [1.165, 1.54) is 6.26 Å². The SMILES string of the molecule is CS(=O)(=O)C1CCCC(n2ccc3c(Cl)cccc32)C1. The number of nitrogens with zero attached hydrogens (tertiary/aromatic N) is 1. The monoisotopic (exact) mass is 311 g/mol. The van der Waals surface area contributed by atoms with Gasteiger partial charge in [0.15, 0.2) is 0 Å². The lowest BCUT2D eigenvalue weighted by atomic mass is 9.94. The summed E-state index contributed by atoms with van der Waals surface area (Å²) in [6.45, 7) is 0. The normalized spacial score (nSPS) is 24.1. The molecular weight excluding hydrogens is 294 g/mol. The summed E-state index contributed by atoms with van der Waals surface area (Å²) < 4.78 is 25.8. The maximum absolute atomic E-state index is 11.8. The molecule has 1 heterocycles. The predicted molar refractivity (Wildman–Crippen MR) is 83.1 cm³/mol. The molecule has 0 bridgehead atoms. The van der Waals surface area contributed by atoms with Crippen LogP contribution in [0.25, 0.3) is 10.9 Å². The molecule has 0 N–H and O–H groups in total. The predicted octanol–water partition coefficient (Wildman–Crippen LogP) is 3.82. The van der Waals surface area contributed by atoms with Crippen molar-refractivity contribution in [3.05, 3.63) is 35.5 Å². The largest absolute Gasteiger partial charge is 0.344 e. The van der Waals surface area contributed by atoms with Gasteiger partial charge in [-0.15, -0.1) is 0 Å². The summed E-state index contributed by atoms with van der Waals surface area (Å²) in [6, 6.07) is 8.14. The molecule has 2 unspecified atom stereocenters. The average Bonchev–Trinajstić information content (AvgIpc) is 2.83. The zero-order valence-electron chi connectivity index (χ0n) is 11.4. The smallest absolute Gasteiger partial charge is 0.150 e. The van der Waals surface area contributed by atoms with E-state index in [1.807, 2.05) is 30.5 Å². The highest BCUT2D eigenvalue weighted by Gasteiger charge is 2.30. The van der Waals surface area contributed by atoms with Crippen LogP contribution in [-0.2, 0) is 9.84 Å². The van der Waals surface area contributed by atoms with Gasteiger partial charge in [0.2, 0.25) is 0 Å². The molecule has 1 fully saturated rings. The van der Waals surface area contributed by atoms with Crippen LogP contribution in [0.15, 0.2) is 30.5 Å². The Labute approximate surface area is 124 Å². The summed E-state index contributed by atoms with van der Waals surface area (Å²) in [5, 5.41) is 1.57. The molecule has 0 aliphatic heterocycles. The lowest BCUT2D eigenvalue weighted by Crippen LogP contribution is -2.28. The Morgan fingerprint density at radius 2 is 2.05 bits per heavy atom. The lowest BCUT2D eigenvalue weighted by molar-refractivity contribution is 0.360. The van der Waals surface area contributed by atoms with Gasteiger partial charge >= 0.3 is 0 Å². The number of hydrogen-bond acceptors (Lipinski definition) is 2. The highest BCUT2D eigenvalue weighted by Crippen LogP contribution is 2.35. The molecular formula is C15H18ClNO2S. The Balaban J connectivity index is 1.97. The topological polar surface area (TPSA) is 39.1 Å². The van der Waals surface area contributed by atoms with E-state index in [9.17, 15) is 8.42 Å². The van der Waals surface area contributed by atoms with Gasteiger partial charge in [-0.25, -0.2) is 8.42 Å². The minimum absolute atomic E-state index is 0.210. The molecule has 1 aliphatic rings. The average molecular weight is 312 g/mol. The first-order valence-corrected chi connectivity index (χ1v) is 9.24. The zero-order valence-corrected chi connectivity index (χ0v) is 13.0. The summed E-state index contributed by atoms with van der Waals surface area (Å²) in [4.78, 5) is 0. The third-order valence-electron chi connectivity index (χ3n) is 4.31. The standard InChI is InChI=1S/C15H18ClNO2S/c1-20(18,19)12-5-2-4-11(10-12)17-9-8-13-14(16)6-3-7-15(13)17/h3,6-9,11-12H,2,4-5,10H2,1H3. The molecule has 1 saturated carbocycles. The molecule has 1 aromatic heterocycles. The molecule has 20 heavy (non-hydrogen) atoms. The fourth-order valence-electron chi connectivity index (χ4n) is 3.23. The van der Waals surface area contributed by atoms with E-state index in [4.69, 9.17) is 11.6 Å². The highest BCUT2D eigenvalue weighted by atomic mass is 35.5. The summed E-state index contributed by atoms with van der Waals surface area (Å²) >= 11 is 6.20. The van der Waals surface area contributed by atoms with E-state index in [1.54, 1.807) is 0 Å². The first-order chi connectivity index (χ1) is 9.47. The van der Waals surface area contributed by atoms with E-state index >= 15 is 0 Å². The van der Waals surface area contributed by atoms with Gasteiger partial charge < -0.3 is 4.57 Å². The van der Waals surface area contributed by atoms with Crippen LogP contribution in [0.1, 0.15) is 31.7 Å². The second kappa shape index (κ2) is 5.08. The third-order valence-corrected chi connectivity index (χ3v) is 6.28. The van der Waals surface area contributed by atoms with E-state index < -0.39 is 9.84 Å². The Morgan fingerprint density at radius 1 is 1.25 bits per heavy atom. The van der Waals surface area contributed by atoms with Gasteiger partial charge in [-0.1, -0.05) is 24.1 Å². The molecule has 0 amide bonds. The molecule has 1 aromatic carbocycles. The maximum atomic E-state index is 11.8. The van der Waals surface area contributed by atoms with Crippen LogP contribution in [0.5, 0.6) is 0 Å². The van der Waals surface area contributed by atoms with Crippen molar-refractivity contribution in [3.8, 4) is 0 Å². The Bertz CT molecular complexity index is 735. The molecule has 0 radical (unpaired) electrons. The van der Waals surface area contributed by atoms with Gasteiger partial charge in [0, 0.05) is 34.4 Å². The fraction of sp³-hybridized carbons (Fsp3) is 0.467. The van der Waals surface area contributed by atoms with Crippen molar-refractivity contribution in [1.82, 2.24) is 4.57 Å². The first kappa shape index (κ1) is 14.0. The van der Waals surface area contributed by atoms with Gasteiger partial charge in [0.1, 0.15) is 9.84 Å². The van der Waals surface area contributed by atoms with Gasteiger partial charge in [-0.05, 0) is 37.5 Å². The molecule has 2 atom stereocenters. The Hall–Kier alpha value is -1.00. The van der Waals surface area contributed by atoms with Gasteiger partial charge in [0.25, 0.3) is 0 Å².